The van der Waals surface area contributed by atoms with Crippen LogP contribution in [0.25, 0.3) is 0 Å². The number of hydrogen-bond acceptors (Lipinski definition) is 5. The number of halogens is 4. The molecule has 2 atom stereocenters. The lowest BCUT2D eigenvalue weighted by molar-refractivity contribution is -0.139. The quantitative estimate of drug-likeness (QED) is 0.662. The van der Waals surface area contributed by atoms with Crippen molar-refractivity contribution in [1.82, 2.24) is 9.88 Å². The van der Waals surface area contributed by atoms with Crippen LogP contribution in [0.4, 0.5) is 29.1 Å². The zero-order valence-corrected chi connectivity index (χ0v) is 18.3. The first kappa shape index (κ1) is 22.1. The molecule has 2 bridgehead atoms. The van der Waals surface area contributed by atoms with E-state index in [2.05, 4.69) is 10.3 Å². The van der Waals surface area contributed by atoms with Crippen LogP contribution in [-0.4, -0.2) is 48.8 Å². The predicted molar refractivity (Wildman–Crippen MR) is 113 cm³/mol. The maximum atomic E-state index is 13.7. The van der Waals surface area contributed by atoms with Crippen molar-refractivity contribution in [2.45, 2.75) is 37.3 Å². The number of sulfone groups is 1. The number of carbonyl (C=O) groups is 1. The Balaban J connectivity index is 1.49. The molecule has 11 heteroatoms. The topological polar surface area (TPSA) is 79.4 Å². The van der Waals surface area contributed by atoms with Crippen molar-refractivity contribution in [2.75, 3.05) is 29.9 Å². The number of hydrogen-bond donors (Lipinski definition) is 1. The summed E-state index contributed by atoms with van der Waals surface area (Å²) in [5.41, 5.74) is 0.788. The van der Waals surface area contributed by atoms with Gasteiger partial charge in [0.05, 0.1) is 22.6 Å². The van der Waals surface area contributed by atoms with Gasteiger partial charge < -0.3 is 10.2 Å². The molecule has 1 saturated heterocycles. The SMILES string of the molecule is O=C(c1cnc(Nc2ccc(F)c(C(F)(F)F)c2)c2c1C1CCC2C1)N1CCS(=O)(=O)CC1. The standard InChI is InChI=1S/C22H21F4N3O3S/c23-17-4-3-14(10-16(17)22(24,25)26)28-20-19-13-2-1-12(9-13)18(19)15(11-27-20)21(30)29-5-7-33(31,32)8-6-29/h3-4,10-13H,1-2,5-9H2,(H,27,28). The molecule has 2 aromatic rings. The Morgan fingerprint density at radius 3 is 2.42 bits per heavy atom. The van der Waals surface area contributed by atoms with E-state index in [1.54, 1.807) is 0 Å². The minimum absolute atomic E-state index is 0.0570. The molecule has 1 N–H and O–H groups in total. The Bertz CT molecular complexity index is 1230. The van der Waals surface area contributed by atoms with Crippen LogP contribution < -0.4 is 5.32 Å². The van der Waals surface area contributed by atoms with E-state index < -0.39 is 27.4 Å². The Morgan fingerprint density at radius 1 is 1.09 bits per heavy atom. The molecule has 0 spiro atoms. The van der Waals surface area contributed by atoms with Crippen LogP contribution >= 0.6 is 0 Å². The maximum absolute atomic E-state index is 13.7. The molecule has 2 unspecified atom stereocenters. The van der Waals surface area contributed by atoms with Crippen LogP contribution in [0.1, 0.15) is 58.1 Å². The van der Waals surface area contributed by atoms with E-state index >= 15 is 0 Å². The van der Waals surface area contributed by atoms with Crippen molar-refractivity contribution in [3.05, 3.63) is 52.5 Å². The van der Waals surface area contributed by atoms with Gasteiger partial charge in [-0.05, 0) is 54.9 Å². The predicted octanol–water partition coefficient (Wildman–Crippen LogP) is 4.22. The highest BCUT2D eigenvalue weighted by atomic mass is 32.2. The van der Waals surface area contributed by atoms with E-state index in [-0.39, 0.29) is 48.0 Å². The van der Waals surface area contributed by atoms with Crippen molar-refractivity contribution in [3.63, 3.8) is 0 Å². The Kier molecular flexibility index (Phi) is 5.15. The highest BCUT2D eigenvalue weighted by molar-refractivity contribution is 7.91. The lowest BCUT2D eigenvalue weighted by atomic mass is 9.88. The van der Waals surface area contributed by atoms with Crippen LogP contribution in [-0.2, 0) is 16.0 Å². The van der Waals surface area contributed by atoms with Gasteiger partial charge in [0.15, 0.2) is 9.84 Å². The van der Waals surface area contributed by atoms with Crippen molar-refractivity contribution in [1.29, 1.82) is 0 Å². The first-order chi connectivity index (χ1) is 15.5. The van der Waals surface area contributed by atoms with E-state index in [9.17, 15) is 30.8 Å². The number of carbonyl (C=O) groups excluding carboxylic acids is 1. The second-order valence-corrected chi connectivity index (χ2v) is 11.1. The van der Waals surface area contributed by atoms with Gasteiger partial charge in [0, 0.05) is 30.5 Å². The fraction of sp³-hybridized carbons (Fsp3) is 0.455. The van der Waals surface area contributed by atoms with Crippen molar-refractivity contribution >= 4 is 27.2 Å². The lowest BCUT2D eigenvalue weighted by Gasteiger charge is -2.29. The Hall–Kier alpha value is -2.69. The smallest absolute Gasteiger partial charge is 0.340 e. The summed E-state index contributed by atoms with van der Waals surface area (Å²) in [6.45, 7) is 0.250. The van der Waals surface area contributed by atoms with Crippen LogP contribution in [0.2, 0.25) is 0 Å². The first-order valence-corrected chi connectivity index (χ1v) is 12.5. The summed E-state index contributed by atoms with van der Waals surface area (Å²) in [5.74, 6) is -1.12. The number of amides is 1. The van der Waals surface area contributed by atoms with Crippen LogP contribution in [0.5, 0.6) is 0 Å². The number of nitrogens with one attached hydrogen (secondary N) is 1. The van der Waals surface area contributed by atoms with E-state index in [0.717, 1.165) is 36.5 Å². The van der Waals surface area contributed by atoms with Gasteiger partial charge in [-0.3, -0.25) is 4.79 Å². The average Bonchev–Trinajstić information content (AvgIpc) is 3.37. The van der Waals surface area contributed by atoms with E-state index in [1.165, 1.54) is 17.2 Å². The van der Waals surface area contributed by atoms with Gasteiger partial charge in [0.1, 0.15) is 11.6 Å². The highest BCUT2D eigenvalue weighted by Gasteiger charge is 2.43. The number of rotatable bonds is 3. The molecule has 1 saturated carbocycles. The maximum Gasteiger partial charge on any atom is 0.419 e. The van der Waals surface area contributed by atoms with Crippen LogP contribution in [0.15, 0.2) is 24.4 Å². The summed E-state index contributed by atoms with van der Waals surface area (Å²) in [6, 6.07) is 2.70. The summed E-state index contributed by atoms with van der Waals surface area (Å²) in [6.07, 6.45) is -0.771. The van der Waals surface area contributed by atoms with Crippen LogP contribution in [0.3, 0.4) is 0 Å². The zero-order chi connectivity index (χ0) is 23.5. The first-order valence-electron chi connectivity index (χ1n) is 10.7. The molecule has 0 radical (unpaired) electrons. The van der Waals surface area contributed by atoms with Gasteiger partial charge >= 0.3 is 6.18 Å². The summed E-state index contributed by atoms with van der Waals surface area (Å²) < 4.78 is 76.4. The second-order valence-electron chi connectivity index (χ2n) is 8.82. The third kappa shape index (κ3) is 3.96. The van der Waals surface area contributed by atoms with Gasteiger partial charge in [0.2, 0.25) is 0 Å². The molecule has 6 nitrogen and oxygen atoms in total. The van der Waals surface area contributed by atoms with Gasteiger partial charge in [-0.1, -0.05) is 0 Å². The molecule has 33 heavy (non-hydrogen) atoms. The van der Waals surface area contributed by atoms with Gasteiger partial charge in [0.25, 0.3) is 5.91 Å². The number of alkyl halides is 3. The fourth-order valence-corrected chi connectivity index (χ4v) is 6.41. The normalized spacial score (nSPS) is 23.5. The number of nitrogens with zero attached hydrogens (tertiary/aromatic N) is 2. The monoisotopic (exact) mass is 483 g/mol. The van der Waals surface area contributed by atoms with Crippen molar-refractivity contribution < 1.29 is 30.8 Å². The molecule has 1 aromatic carbocycles. The molecule has 5 rings (SSSR count). The Morgan fingerprint density at radius 2 is 1.76 bits per heavy atom. The van der Waals surface area contributed by atoms with E-state index in [1.807, 2.05) is 0 Å². The van der Waals surface area contributed by atoms with Gasteiger partial charge in [-0.2, -0.15) is 13.2 Å². The zero-order valence-electron chi connectivity index (χ0n) is 17.5. The number of benzene rings is 1. The third-order valence-electron chi connectivity index (χ3n) is 6.80. The lowest BCUT2D eigenvalue weighted by Crippen LogP contribution is -2.44. The third-order valence-corrected chi connectivity index (χ3v) is 8.41. The molecule has 2 aliphatic carbocycles. The summed E-state index contributed by atoms with van der Waals surface area (Å²) in [7, 11) is -3.14. The Labute approximate surface area is 187 Å². The van der Waals surface area contributed by atoms with Gasteiger partial charge in [-0.15, -0.1) is 0 Å². The minimum atomic E-state index is -4.82. The van der Waals surface area contributed by atoms with E-state index in [4.69, 9.17) is 0 Å². The van der Waals surface area contributed by atoms with E-state index in [0.29, 0.717) is 17.4 Å². The molecule has 176 valence electrons. The summed E-state index contributed by atoms with van der Waals surface area (Å²) in [4.78, 5) is 19.1. The van der Waals surface area contributed by atoms with Gasteiger partial charge in [-0.25, -0.2) is 17.8 Å². The van der Waals surface area contributed by atoms with Crippen molar-refractivity contribution in [2.24, 2.45) is 0 Å². The summed E-state index contributed by atoms with van der Waals surface area (Å²) >= 11 is 0. The molecule has 1 aromatic heterocycles. The molecule has 2 heterocycles. The molecular weight excluding hydrogens is 462 g/mol. The number of aromatic nitrogens is 1. The minimum Gasteiger partial charge on any atom is -0.340 e. The van der Waals surface area contributed by atoms with Crippen LogP contribution in [0, 0.1) is 5.82 Å². The average molecular weight is 483 g/mol. The molecule has 3 aliphatic rings. The summed E-state index contributed by atoms with van der Waals surface area (Å²) in [5, 5.41) is 2.90. The molecular formula is C22H21F4N3O3S. The number of fused-ring (bicyclic) bond motifs is 5. The largest absolute Gasteiger partial charge is 0.419 e. The number of anilines is 2. The second kappa shape index (κ2) is 7.68. The highest BCUT2D eigenvalue weighted by Crippen LogP contribution is 2.56. The number of pyridine rings is 1. The fourth-order valence-electron chi connectivity index (χ4n) is 5.21. The molecule has 1 aliphatic heterocycles. The molecule has 2 fully saturated rings. The molecule has 1 amide bonds. The van der Waals surface area contributed by atoms with Crippen molar-refractivity contribution in [3.8, 4) is 0 Å².